The average molecular weight is 339 g/mol. The smallest absolute Gasteiger partial charge is 0.266 e. The van der Waals surface area contributed by atoms with E-state index < -0.39 is 0 Å². The molecule has 1 aromatic carbocycles. The monoisotopic (exact) mass is 339 g/mol. The van der Waals surface area contributed by atoms with Gasteiger partial charge in [0.05, 0.1) is 17.9 Å². The zero-order valence-electron chi connectivity index (χ0n) is 13.3. The number of benzene rings is 1. The molecule has 1 aliphatic rings. The van der Waals surface area contributed by atoms with Crippen molar-refractivity contribution in [2.24, 2.45) is 0 Å². The molecular formula is C18H17N3O2S. The molecule has 0 spiro atoms. The quantitative estimate of drug-likeness (QED) is 0.721. The Morgan fingerprint density at radius 2 is 2.17 bits per heavy atom. The van der Waals surface area contributed by atoms with Gasteiger partial charge in [0.2, 0.25) is 0 Å². The number of hydrogen-bond donors (Lipinski definition) is 0. The number of hydrogen-bond acceptors (Lipinski definition) is 5. The second-order valence-corrected chi connectivity index (χ2v) is 6.95. The van der Waals surface area contributed by atoms with E-state index in [9.17, 15) is 4.79 Å². The number of amides is 1. The van der Waals surface area contributed by atoms with Crippen molar-refractivity contribution in [1.29, 1.82) is 0 Å². The molecule has 1 fully saturated rings. The Bertz CT molecular complexity index is 856. The Morgan fingerprint density at radius 3 is 2.92 bits per heavy atom. The maximum atomic E-state index is 12.9. The number of likely N-dealkylation sites (tertiary alicyclic amines) is 1. The van der Waals surface area contributed by atoms with E-state index in [1.807, 2.05) is 48.2 Å². The first-order valence-electron chi connectivity index (χ1n) is 7.98. The third kappa shape index (κ3) is 2.73. The van der Waals surface area contributed by atoms with Crippen LogP contribution in [-0.2, 0) is 0 Å². The second-order valence-electron chi connectivity index (χ2n) is 5.92. The Hall–Kier alpha value is -2.47. The van der Waals surface area contributed by atoms with E-state index in [0.717, 1.165) is 41.4 Å². The van der Waals surface area contributed by atoms with Crippen molar-refractivity contribution < 1.29 is 9.32 Å². The van der Waals surface area contributed by atoms with Gasteiger partial charge in [-0.2, -0.15) is 0 Å². The van der Waals surface area contributed by atoms with Gasteiger partial charge < -0.3 is 9.42 Å². The normalized spacial score (nSPS) is 17.4. The second kappa shape index (κ2) is 6.20. The minimum Gasteiger partial charge on any atom is -0.359 e. The van der Waals surface area contributed by atoms with Crippen molar-refractivity contribution >= 4 is 17.2 Å². The average Bonchev–Trinajstić information content (AvgIpc) is 3.35. The molecule has 122 valence electrons. The number of carbonyl (C=O) groups is 1. The first-order valence-corrected chi connectivity index (χ1v) is 8.79. The van der Waals surface area contributed by atoms with Gasteiger partial charge in [-0.3, -0.25) is 4.79 Å². The van der Waals surface area contributed by atoms with E-state index in [0.29, 0.717) is 4.88 Å². The molecule has 1 amide bonds. The molecule has 0 N–H and O–H groups in total. The number of rotatable bonds is 3. The summed E-state index contributed by atoms with van der Waals surface area (Å²) in [6, 6.07) is 11.8. The number of thiazole rings is 1. The predicted octanol–water partition coefficient (Wildman–Crippen LogP) is 4.08. The van der Waals surface area contributed by atoms with E-state index in [4.69, 9.17) is 4.52 Å². The molecule has 0 aliphatic carbocycles. The molecule has 5 nitrogen and oxygen atoms in total. The summed E-state index contributed by atoms with van der Waals surface area (Å²) in [5.41, 5.74) is 1.87. The van der Waals surface area contributed by atoms with E-state index >= 15 is 0 Å². The maximum Gasteiger partial charge on any atom is 0.266 e. The highest BCUT2D eigenvalue weighted by atomic mass is 32.1. The molecular weight excluding hydrogens is 322 g/mol. The summed E-state index contributed by atoms with van der Waals surface area (Å²) in [4.78, 5) is 19.9. The first kappa shape index (κ1) is 15.1. The summed E-state index contributed by atoms with van der Waals surface area (Å²) in [6.45, 7) is 2.63. The van der Waals surface area contributed by atoms with Gasteiger partial charge in [-0.05, 0) is 19.8 Å². The third-order valence-corrected chi connectivity index (χ3v) is 5.26. The maximum absolute atomic E-state index is 12.9. The van der Waals surface area contributed by atoms with Crippen molar-refractivity contribution in [3.05, 3.63) is 58.9 Å². The van der Waals surface area contributed by atoms with Crippen molar-refractivity contribution in [2.75, 3.05) is 6.54 Å². The summed E-state index contributed by atoms with van der Waals surface area (Å²) in [5, 5.41) is 4.81. The minimum absolute atomic E-state index is 0.0197. The van der Waals surface area contributed by atoms with Crippen LogP contribution in [0.3, 0.4) is 0 Å². The number of nitrogens with zero attached hydrogens (tertiary/aromatic N) is 3. The van der Waals surface area contributed by atoms with Gasteiger partial charge in [0.15, 0.2) is 5.76 Å². The number of aromatic nitrogens is 2. The first-order chi connectivity index (χ1) is 11.7. The van der Waals surface area contributed by atoms with Crippen molar-refractivity contribution in [2.45, 2.75) is 25.8 Å². The van der Waals surface area contributed by atoms with E-state index in [1.54, 1.807) is 6.20 Å². The van der Waals surface area contributed by atoms with Crippen LogP contribution in [0.2, 0.25) is 0 Å². The lowest BCUT2D eigenvalue weighted by Gasteiger charge is -2.21. The summed E-state index contributed by atoms with van der Waals surface area (Å²) in [7, 11) is 0. The van der Waals surface area contributed by atoms with Crippen LogP contribution >= 0.6 is 11.3 Å². The fraction of sp³-hybridized carbons (Fsp3) is 0.278. The molecule has 3 heterocycles. The van der Waals surface area contributed by atoms with Crippen LogP contribution in [-0.4, -0.2) is 27.5 Å². The molecule has 4 rings (SSSR count). The zero-order chi connectivity index (χ0) is 16.5. The van der Waals surface area contributed by atoms with E-state index in [1.165, 1.54) is 11.3 Å². The topological polar surface area (TPSA) is 59.2 Å². The van der Waals surface area contributed by atoms with Crippen molar-refractivity contribution in [3.8, 4) is 10.6 Å². The summed E-state index contributed by atoms with van der Waals surface area (Å²) in [6.07, 6.45) is 3.56. The molecule has 0 bridgehead atoms. The summed E-state index contributed by atoms with van der Waals surface area (Å²) >= 11 is 1.43. The summed E-state index contributed by atoms with van der Waals surface area (Å²) < 4.78 is 5.38. The molecule has 6 heteroatoms. The molecule has 1 saturated heterocycles. The Kier molecular flexibility index (Phi) is 3.90. The van der Waals surface area contributed by atoms with E-state index in [2.05, 4.69) is 10.1 Å². The molecule has 0 radical (unpaired) electrons. The predicted molar refractivity (Wildman–Crippen MR) is 91.8 cm³/mol. The van der Waals surface area contributed by atoms with Crippen LogP contribution in [0.4, 0.5) is 0 Å². The molecule has 1 atom stereocenters. The Labute approximate surface area is 143 Å². The number of carbonyl (C=O) groups excluding carboxylic acids is 1. The molecule has 1 aliphatic heterocycles. The van der Waals surface area contributed by atoms with Crippen LogP contribution in [0.15, 0.2) is 47.1 Å². The van der Waals surface area contributed by atoms with Gasteiger partial charge in [0.1, 0.15) is 9.88 Å². The van der Waals surface area contributed by atoms with Crippen LogP contribution in [0.5, 0.6) is 0 Å². The molecule has 24 heavy (non-hydrogen) atoms. The van der Waals surface area contributed by atoms with Gasteiger partial charge in [-0.15, -0.1) is 11.3 Å². The fourth-order valence-electron chi connectivity index (χ4n) is 3.07. The Morgan fingerprint density at radius 1 is 1.33 bits per heavy atom. The zero-order valence-corrected chi connectivity index (χ0v) is 14.1. The minimum atomic E-state index is -0.0269. The SMILES string of the molecule is Cc1cc(C2CCCN2C(=O)c2cnc(-c3ccccc3)s2)on1. The fourth-order valence-corrected chi connectivity index (χ4v) is 3.95. The molecule has 3 aromatic rings. The van der Waals surface area contributed by atoms with Gasteiger partial charge in [0, 0.05) is 18.2 Å². The number of aryl methyl sites for hydroxylation is 1. The standard InChI is InChI=1S/C18H17N3O2S/c1-12-10-15(23-20-12)14-8-5-9-21(14)18(22)16-11-19-17(24-16)13-6-3-2-4-7-13/h2-4,6-7,10-11,14H,5,8-9H2,1H3. The molecule has 0 saturated carbocycles. The van der Waals surface area contributed by atoms with Crippen molar-refractivity contribution in [1.82, 2.24) is 15.0 Å². The van der Waals surface area contributed by atoms with Gasteiger partial charge in [-0.1, -0.05) is 35.5 Å². The van der Waals surface area contributed by atoms with Crippen LogP contribution in [0, 0.1) is 6.92 Å². The lowest BCUT2D eigenvalue weighted by molar-refractivity contribution is 0.0719. The highest BCUT2D eigenvalue weighted by Gasteiger charge is 2.34. The lowest BCUT2D eigenvalue weighted by Crippen LogP contribution is -2.29. The van der Waals surface area contributed by atoms with Gasteiger partial charge >= 0.3 is 0 Å². The highest BCUT2D eigenvalue weighted by Crippen LogP contribution is 2.35. The van der Waals surface area contributed by atoms with Crippen LogP contribution < -0.4 is 0 Å². The molecule has 1 unspecified atom stereocenters. The van der Waals surface area contributed by atoms with Crippen LogP contribution in [0.25, 0.3) is 10.6 Å². The largest absolute Gasteiger partial charge is 0.359 e. The third-order valence-electron chi connectivity index (χ3n) is 4.23. The highest BCUT2D eigenvalue weighted by molar-refractivity contribution is 7.16. The lowest BCUT2D eigenvalue weighted by atomic mass is 10.1. The molecule has 2 aromatic heterocycles. The van der Waals surface area contributed by atoms with Crippen molar-refractivity contribution in [3.63, 3.8) is 0 Å². The van der Waals surface area contributed by atoms with Gasteiger partial charge in [0.25, 0.3) is 5.91 Å². The van der Waals surface area contributed by atoms with E-state index in [-0.39, 0.29) is 11.9 Å². The van der Waals surface area contributed by atoms with Gasteiger partial charge in [-0.25, -0.2) is 4.98 Å². The van der Waals surface area contributed by atoms with Crippen LogP contribution in [0.1, 0.15) is 40.0 Å². The summed E-state index contributed by atoms with van der Waals surface area (Å²) in [5.74, 6) is 0.789. The Balaban J connectivity index is 1.58.